The first kappa shape index (κ1) is 56.2. The third-order valence-corrected chi connectivity index (χ3v) is 14.6. The second-order valence-electron chi connectivity index (χ2n) is 20.1. The predicted molar refractivity (Wildman–Crippen MR) is 280 cm³/mol. The van der Waals surface area contributed by atoms with E-state index in [4.69, 9.17) is 4.74 Å². The van der Waals surface area contributed by atoms with Crippen LogP contribution in [0.4, 0.5) is 47.3 Å². The van der Waals surface area contributed by atoms with Gasteiger partial charge in [-0.25, -0.2) is 14.2 Å². The van der Waals surface area contributed by atoms with Crippen LogP contribution >= 0.6 is 0 Å². The molecule has 0 saturated heterocycles. The zero-order chi connectivity index (χ0) is 58.1. The highest BCUT2D eigenvalue weighted by atomic mass is 19.4. The standard InChI is InChI=1S/C58H50F6N10O7/c1-4-27-81-53(78)56(2)22-21-43(69(3)34-56)50(75)70(23-7-25-71-32-44-46(51(71)76)48(37-17-13-35(30-65)14-18-37)67-54(79)73(44)41-11-5-9-39(28-41)57(59,60)61)24-8-26-72-33-45-47(52(72)77)49(38-19-15-36(31-66)16-20-38)68-55(80)74(45)42-12-6-10-40(29-42)58(62,63)64/h4-6,9-22,28-29,48-49H,1,7-8,23-27,32-34H2,2-3H3,(H-,67,68,79,80)/p+1/t48-,49-,56?/m1/s1. The van der Waals surface area contributed by atoms with Gasteiger partial charge in [0.05, 0.1) is 93.5 Å². The number of anilines is 2. The highest BCUT2D eigenvalue weighted by Gasteiger charge is 2.48. The van der Waals surface area contributed by atoms with Crippen LogP contribution < -0.4 is 20.4 Å². The minimum absolute atomic E-state index is 0.0180. The number of alkyl halides is 6. The number of ether oxygens (including phenoxy) is 1. The molecule has 0 radical (unpaired) electrons. The molecule has 17 nitrogen and oxygen atoms in total. The maximum Gasteiger partial charge on any atom is 0.416 e. The first-order valence-electron chi connectivity index (χ1n) is 25.5. The Balaban J connectivity index is 0.980. The number of urea groups is 2. The van der Waals surface area contributed by atoms with Crippen LogP contribution in [0.2, 0.25) is 0 Å². The Labute approximate surface area is 460 Å². The van der Waals surface area contributed by atoms with Crippen molar-refractivity contribution in [2.24, 2.45) is 5.41 Å². The van der Waals surface area contributed by atoms with Gasteiger partial charge in [0, 0.05) is 32.3 Å². The lowest BCUT2D eigenvalue weighted by Gasteiger charge is -2.34. The molecule has 23 heteroatoms. The molecule has 5 heterocycles. The molecule has 0 aromatic heterocycles. The Hall–Kier alpha value is -9.51. The molecule has 7 amide bonds. The molecule has 81 heavy (non-hydrogen) atoms. The minimum Gasteiger partial charge on any atom is -0.461 e. The highest BCUT2D eigenvalue weighted by molar-refractivity contribution is 6.41. The van der Waals surface area contributed by atoms with Gasteiger partial charge in [-0.15, -0.1) is 0 Å². The van der Waals surface area contributed by atoms with E-state index in [2.05, 4.69) is 17.2 Å². The number of carbonyl (C=O) groups is 6. The largest absolute Gasteiger partial charge is 0.461 e. The van der Waals surface area contributed by atoms with Crippen LogP contribution in [0.25, 0.3) is 0 Å². The van der Waals surface area contributed by atoms with Gasteiger partial charge in [-0.3, -0.25) is 29.0 Å². The SMILES string of the molecule is C=CCOC(=O)C1(C)C=CC(C(=O)N(CCCN2CC3=C(C2=O)[C@@H](c2ccc(C#N)cc2)NC(=O)N3c2cccc(C(F)(F)F)c2)CCCN2CC3=C(C2=O)[C@@H](c2ccc(C#N)cc2)NC(=O)N3c2cccc(C(F)(F)F)c2)=[N+](C)C1. The smallest absolute Gasteiger partial charge is 0.416 e. The van der Waals surface area contributed by atoms with Crippen LogP contribution in [0.15, 0.2) is 144 Å². The van der Waals surface area contributed by atoms with E-state index in [0.29, 0.717) is 22.3 Å². The Kier molecular flexibility index (Phi) is 15.5. The van der Waals surface area contributed by atoms with Crippen LogP contribution in [0.5, 0.6) is 0 Å². The molecule has 4 aromatic rings. The van der Waals surface area contributed by atoms with E-state index < -0.39 is 76.7 Å². The van der Waals surface area contributed by atoms with E-state index in [1.165, 1.54) is 63.2 Å². The molecule has 5 aliphatic heterocycles. The van der Waals surface area contributed by atoms with E-state index in [9.17, 15) is 65.6 Å². The number of esters is 1. The molecule has 0 bridgehead atoms. The third kappa shape index (κ3) is 11.2. The van der Waals surface area contributed by atoms with Crippen LogP contribution in [-0.2, 0) is 36.3 Å². The molecule has 1 unspecified atom stereocenters. The predicted octanol–water partition coefficient (Wildman–Crippen LogP) is 7.90. The topological polar surface area (TPSA) is 202 Å². The lowest BCUT2D eigenvalue weighted by molar-refractivity contribution is -0.507. The number of nitrogens with one attached hydrogen (secondary N) is 2. The summed E-state index contributed by atoms with van der Waals surface area (Å²) in [5, 5.41) is 24.4. The molecule has 2 N–H and O–H groups in total. The van der Waals surface area contributed by atoms with Crippen molar-refractivity contribution in [2.45, 2.75) is 44.2 Å². The molecule has 4 aromatic carbocycles. The summed E-state index contributed by atoms with van der Waals surface area (Å²) in [4.78, 5) is 91.5. The number of amides is 7. The average Bonchev–Trinajstić information content (AvgIpc) is 4.21. The number of halogens is 6. The van der Waals surface area contributed by atoms with E-state index >= 15 is 0 Å². The first-order chi connectivity index (χ1) is 38.5. The van der Waals surface area contributed by atoms with Gasteiger partial charge in [-0.05, 0) is 91.6 Å². The monoisotopic (exact) mass is 1110 g/mol. The molecule has 0 aliphatic carbocycles. The number of hydrogen-bond acceptors (Lipinski definition) is 9. The lowest BCUT2D eigenvalue weighted by Crippen LogP contribution is -2.47. The Morgan fingerprint density at radius 1 is 0.741 bits per heavy atom. The summed E-state index contributed by atoms with van der Waals surface area (Å²) in [6, 6.07) is 20.8. The number of nitriles is 2. The number of rotatable bonds is 16. The maximum absolute atomic E-state index is 14.8. The summed E-state index contributed by atoms with van der Waals surface area (Å²) in [5.41, 5.74) is -1.41. The molecule has 9 rings (SSSR count). The summed E-state index contributed by atoms with van der Waals surface area (Å²) < 4.78 is 90.9. The van der Waals surface area contributed by atoms with Crippen molar-refractivity contribution in [1.29, 1.82) is 10.5 Å². The van der Waals surface area contributed by atoms with Gasteiger partial charge in [0.15, 0.2) is 6.54 Å². The van der Waals surface area contributed by atoms with Gasteiger partial charge in [-0.1, -0.05) is 55.1 Å². The second-order valence-corrected chi connectivity index (χ2v) is 20.1. The fraction of sp³-hybridized carbons (Fsp3) is 0.293. The van der Waals surface area contributed by atoms with Crippen molar-refractivity contribution in [3.05, 3.63) is 178 Å². The van der Waals surface area contributed by atoms with Gasteiger partial charge in [0.1, 0.15) is 19.1 Å². The van der Waals surface area contributed by atoms with E-state index in [1.807, 2.05) is 12.1 Å². The van der Waals surface area contributed by atoms with E-state index in [-0.39, 0.29) is 105 Å². The van der Waals surface area contributed by atoms with Crippen LogP contribution in [0.1, 0.15) is 65.2 Å². The first-order valence-corrected chi connectivity index (χ1v) is 25.5. The lowest BCUT2D eigenvalue weighted by atomic mass is 9.87. The Morgan fingerprint density at radius 3 is 1.58 bits per heavy atom. The normalized spacial score (nSPS) is 20.0. The average molecular weight is 1110 g/mol. The second kappa shape index (κ2) is 22.3. The number of hydrogen-bond donors (Lipinski definition) is 2. The minimum atomic E-state index is -4.76. The maximum atomic E-state index is 14.8. The summed E-state index contributed by atoms with van der Waals surface area (Å²) in [6.45, 7) is 4.72. The molecule has 5 aliphatic rings. The Bertz CT molecular complexity index is 3300. The van der Waals surface area contributed by atoms with Crippen molar-refractivity contribution >= 4 is 52.8 Å². The third-order valence-electron chi connectivity index (χ3n) is 14.6. The van der Waals surface area contributed by atoms with Crippen molar-refractivity contribution in [1.82, 2.24) is 25.3 Å². The number of nitrogens with zero attached hydrogens (tertiary/aromatic N) is 8. The van der Waals surface area contributed by atoms with E-state index in [0.717, 1.165) is 46.2 Å². The van der Waals surface area contributed by atoms with Gasteiger partial charge in [-0.2, -0.15) is 36.9 Å². The van der Waals surface area contributed by atoms with Crippen molar-refractivity contribution in [2.75, 3.05) is 69.3 Å². The summed E-state index contributed by atoms with van der Waals surface area (Å²) in [7, 11) is 1.62. The molecule has 0 fully saturated rings. The van der Waals surface area contributed by atoms with Crippen molar-refractivity contribution in [3.63, 3.8) is 0 Å². The van der Waals surface area contributed by atoms with Crippen LogP contribution in [-0.4, -0.2) is 120 Å². The van der Waals surface area contributed by atoms with Crippen LogP contribution in [0, 0.1) is 28.1 Å². The summed E-state index contributed by atoms with van der Waals surface area (Å²) >= 11 is 0. The number of benzene rings is 4. The van der Waals surface area contributed by atoms with Gasteiger partial charge in [0.25, 0.3) is 17.5 Å². The molecule has 0 spiro atoms. The zero-order valence-electron chi connectivity index (χ0n) is 43.6. The van der Waals surface area contributed by atoms with E-state index in [1.54, 1.807) is 48.9 Å². The van der Waals surface area contributed by atoms with Crippen molar-refractivity contribution < 1.29 is 64.4 Å². The molecule has 416 valence electrons. The van der Waals surface area contributed by atoms with Crippen LogP contribution in [0.3, 0.4) is 0 Å². The summed E-state index contributed by atoms with van der Waals surface area (Å²) in [6.07, 6.45) is -4.80. The number of carbonyl (C=O) groups excluding carboxylic acids is 6. The van der Waals surface area contributed by atoms with Gasteiger partial charge in [0.2, 0.25) is 0 Å². The zero-order valence-corrected chi connectivity index (χ0v) is 43.6. The molecular weight excluding hydrogens is 1060 g/mol. The van der Waals surface area contributed by atoms with Crippen molar-refractivity contribution in [3.8, 4) is 12.1 Å². The molecule has 0 saturated carbocycles. The van der Waals surface area contributed by atoms with Gasteiger partial charge < -0.3 is 30.1 Å². The highest BCUT2D eigenvalue weighted by Crippen LogP contribution is 2.43. The molecular formula is C58H51F6N10O7+. The molecule has 3 atom stereocenters. The van der Waals surface area contributed by atoms with Gasteiger partial charge >= 0.3 is 36.3 Å². The fourth-order valence-electron chi connectivity index (χ4n) is 10.6. The quantitative estimate of drug-likeness (QED) is 0.0484. The Morgan fingerprint density at radius 2 is 1.19 bits per heavy atom. The summed E-state index contributed by atoms with van der Waals surface area (Å²) in [5.74, 6) is -2.14. The fourth-order valence-corrected chi connectivity index (χ4v) is 10.6.